The first-order valence-electron chi connectivity index (χ1n) is 6.39. The van der Waals surface area contributed by atoms with Crippen LogP contribution < -0.4 is 10.5 Å². The molecule has 0 spiro atoms. The highest BCUT2D eigenvalue weighted by Crippen LogP contribution is 2.41. The summed E-state index contributed by atoms with van der Waals surface area (Å²) in [6, 6.07) is 4.89. The van der Waals surface area contributed by atoms with E-state index in [0.717, 1.165) is 5.75 Å². The molecule has 1 aromatic carbocycles. The van der Waals surface area contributed by atoms with Crippen molar-refractivity contribution < 1.29 is 9.13 Å². The molecule has 1 aliphatic heterocycles. The van der Waals surface area contributed by atoms with E-state index in [1.54, 1.807) is 18.2 Å². The molecule has 4 atom stereocenters. The Morgan fingerprint density at radius 2 is 2.11 bits per heavy atom. The van der Waals surface area contributed by atoms with Gasteiger partial charge in [-0.3, -0.25) is 0 Å². The first-order chi connectivity index (χ1) is 9.04. The maximum atomic E-state index is 14.2. The summed E-state index contributed by atoms with van der Waals surface area (Å²) in [6.07, 6.45) is 0. The van der Waals surface area contributed by atoms with Crippen molar-refractivity contribution in [2.24, 2.45) is 5.73 Å². The molecule has 0 aromatic heterocycles. The Bertz CT molecular complexity index is 443. The second kappa shape index (κ2) is 6.37. The van der Waals surface area contributed by atoms with Crippen molar-refractivity contribution in [3.8, 4) is 5.75 Å². The van der Waals surface area contributed by atoms with E-state index in [-0.39, 0.29) is 22.9 Å². The molecule has 1 fully saturated rings. The molecule has 0 aliphatic carbocycles. The quantitative estimate of drug-likeness (QED) is 0.927. The number of ether oxygens (including phenoxy) is 1. The van der Waals surface area contributed by atoms with Gasteiger partial charge >= 0.3 is 0 Å². The first-order valence-corrected chi connectivity index (χ1v) is 8.38. The number of halogens is 1. The van der Waals surface area contributed by atoms with Gasteiger partial charge in [0.25, 0.3) is 0 Å². The number of hydrogen-bond donors (Lipinski definition) is 1. The van der Waals surface area contributed by atoms with E-state index < -0.39 is 0 Å². The number of methoxy groups -OCH3 is 1. The van der Waals surface area contributed by atoms with E-state index in [0.29, 0.717) is 16.1 Å². The third-order valence-electron chi connectivity index (χ3n) is 3.55. The van der Waals surface area contributed by atoms with Crippen molar-refractivity contribution in [3.05, 3.63) is 29.6 Å². The van der Waals surface area contributed by atoms with Crippen LogP contribution in [0.2, 0.25) is 0 Å². The van der Waals surface area contributed by atoms with E-state index in [1.165, 1.54) is 7.11 Å². The molecule has 4 unspecified atom stereocenters. The monoisotopic (exact) mass is 301 g/mol. The first kappa shape index (κ1) is 15.0. The zero-order chi connectivity index (χ0) is 14.0. The van der Waals surface area contributed by atoms with E-state index in [2.05, 4.69) is 13.8 Å². The standard InChI is InChI=1S/C14H20FNOS2/c1-8-9(2)19-12(7-18-8)14(16)10-5-4-6-11(17-3)13(10)15/h4-6,8-9,12,14H,7,16H2,1-3H3. The molecule has 106 valence electrons. The number of nitrogens with two attached hydrogens (primary N) is 1. The second-order valence-corrected chi connectivity index (χ2v) is 7.84. The smallest absolute Gasteiger partial charge is 0.169 e. The van der Waals surface area contributed by atoms with Crippen LogP contribution in [0.15, 0.2) is 18.2 Å². The van der Waals surface area contributed by atoms with Gasteiger partial charge in [-0.2, -0.15) is 23.5 Å². The van der Waals surface area contributed by atoms with Crippen molar-refractivity contribution in [2.45, 2.75) is 35.6 Å². The summed E-state index contributed by atoms with van der Waals surface area (Å²) < 4.78 is 19.2. The minimum Gasteiger partial charge on any atom is -0.494 e. The van der Waals surface area contributed by atoms with Crippen LogP contribution in [0.3, 0.4) is 0 Å². The van der Waals surface area contributed by atoms with Crippen LogP contribution in [0.4, 0.5) is 4.39 Å². The molecule has 0 bridgehead atoms. The maximum Gasteiger partial charge on any atom is 0.169 e. The minimum absolute atomic E-state index is 0.248. The van der Waals surface area contributed by atoms with E-state index in [1.807, 2.05) is 23.5 Å². The summed E-state index contributed by atoms with van der Waals surface area (Å²) in [6.45, 7) is 4.44. The van der Waals surface area contributed by atoms with Crippen LogP contribution in [-0.2, 0) is 0 Å². The Labute approximate surface area is 122 Å². The van der Waals surface area contributed by atoms with Crippen LogP contribution in [0.5, 0.6) is 5.75 Å². The van der Waals surface area contributed by atoms with Crippen molar-refractivity contribution in [3.63, 3.8) is 0 Å². The van der Waals surface area contributed by atoms with E-state index >= 15 is 0 Å². The third kappa shape index (κ3) is 3.20. The fourth-order valence-corrected chi connectivity index (χ4v) is 5.18. The fraction of sp³-hybridized carbons (Fsp3) is 0.571. The molecule has 2 N–H and O–H groups in total. The topological polar surface area (TPSA) is 35.2 Å². The van der Waals surface area contributed by atoms with Crippen molar-refractivity contribution in [1.29, 1.82) is 0 Å². The normalized spacial score (nSPS) is 29.0. The van der Waals surface area contributed by atoms with Gasteiger partial charge in [0.15, 0.2) is 11.6 Å². The Hall–Kier alpha value is -0.390. The van der Waals surface area contributed by atoms with Gasteiger partial charge < -0.3 is 10.5 Å². The number of thioether (sulfide) groups is 2. The minimum atomic E-state index is -0.325. The van der Waals surface area contributed by atoms with Crippen molar-refractivity contribution in [1.82, 2.24) is 0 Å². The molecule has 1 aromatic rings. The highest BCUT2D eigenvalue weighted by molar-refractivity contribution is 8.07. The maximum absolute atomic E-state index is 14.2. The van der Waals surface area contributed by atoms with Gasteiger partial charge in [0.1, 0.15) is 0 Å². The second-order valence-electron chi connectivity index (χ2n) is 4.81. The summed E-state index contributed by atoms with van der Waals surface area (Å²) in [5, 5.41) is 1.42. The van der Waals surface area contributed by atoms with Crippen LogP contribution in [-0.4, -0.2) is 28.6 Å². The molecule has 0 radical (unpaired) electrons. The van der Waals surface area contributed by atoms with Gasteiger partial charge in [-0.05, 0) is 6.07 Å². The number of hydrogen-bond acceptors (Lipinski definition) is 4. The molecule has 1 heterocycles. The predicted octanol–water partition coefficient (Wildman–Crippen LogP) is 3.46. The van der Waals surface area contributed by atoms with E-state index in [9.17, 15) is 4.39 Å². The van der Waals surface area contributed by atoms with Gasteiger partial charge in [-0.25, -0.2) is 4.39 Å². The van der Waals surface area contributed by atoms with Crippen LogP contribution in [0.1, 0.15) is 25.5 Å². The Morgan fingerprint density at radius 3 is 2.74 bits per heavy atom. The van der Waals surface area contributed by atoms with E-state index in [4.69, 9.17) is 10.5 Å². The molecular formula is C14H20FNOS2. The van der Waals surface area contributed by atoms with Crippen molar-refractivity contribution in [2.75, 3.05) is 12.9 Å². The molecule has 1 saturated heterocycles. The fourth-order valence-electron chi connectivity index (χ4n) is 2.14. The SMILES string of the molecule is COc1cccc(C(N)C2CSC(C)C(C)S2)c1F. The van der Waals surface area contributed by atoms with Gasteiger partial charge in [0.05, 0.1) is 7.11 Å². The van der Waals surface area contributed by atoms with Crippen LogP contribution in [0, 0.1) is 5.82 Å². The lowest BCUT2D eigenvalue weighted by molar-refractivity contribution is 0.382. The molecular weight excluding hydrogens is 281 g/mol. The van der Waals surface area contributed by atoms with Crippen LogP contribution >= 0.6 is 23.5 Å². The highest BCUT2D eigenvalue weighted by atomic mass is 32.2. The van der Waals surface area contributed by atoms with Gasteiger partial charge in [0, 0.05) is 33.1 Å². The van der Waals surface area contributed by atoms with Crippen LogP contribution in [0.25, 0.3) is 0 Å². The zero-order valence-electron chi connectivity index (χ0n) is 11.4. The molecule has 1 aliphatic rings. The Balaban J connectivity index is 2.18. The lowest BCUT2D eigenvalue weighted by Gasteiger charge is -2.34. The van der Waals surface area contributed by atoms with Crippen molar-refractivity contribution >= 4 is 23.5 Å². The predicted molar refractivity (Wildman–Crippen MR) is 82.6 cm³/mol. The lowest BCUT2D eigenvalue weighted by Crippen LogP contribution is -2.34. The van der Waals surface area contributed by atoms with Gasteiger partial charge in [-0.15, -0.1) is 0 Å². The summed E-state index contributed by atoms with van der Waals surface area (Å²) in [5.41, 5.74) is 6.83. The molecule has 0 amide bonds. The van der Waals surface area contributed by atoms with Gasteiger partial charge in [-0.1, -0.05) is 26.0 Å². The Kier molecular flexibility index (Phi) is 5.03. The highest BCUT2D eigenvalue weighted by Gasteiger charge is 2.31. The van der Waals surface area contributed by atoms with Gasteiger partial charge in [0.2, 0.25) is 0 Å². The third-order valence-corrected chi connectivity index (χ3v) is 7.06. The zero-order valence-corrected chi connectivity index (χ0v) is 13.1. The largest absolute Gasteiger partial charge is 0.494 e. The summed E-state index contributed by atoms with van der Waals surface area (Å²) in [5.74, 6) is 0.908. The summed E-state index contributed by atoms with van der Waals surface area (Å²) in [7, 11) is 1.47. The lowest BCUT2D eigenvalue weighted by atomic mass is 10.0. The summed E-state index contributed by atoms with van der Waals surface area (Å²) >= 11 is 3.78. The Morgan fingerprint density at radius 1 is 1.37 bits per heavy atom. The average molecular weight is 301 g/mol. The molecule has 2 nitrogen and oxygen atoms in total. The number of rotatable bonds is 3. The summed E-state index contributed by atoms with van der Waals surface area (Å²) in [4.78, 5) is 0. The average Bonchev–Trinajstić information content (AvgIpc) is 2.41. The number of benzene rings is 1. The molecule has 2 rings (SSSR count). The molecule has 19 heavy (non-hydrogen) atoms. The molecule has 0 saturated carbocycles. The molecule has 5 heteroatoms.